The summed E-state index contributed by atoms with van der Waals surface area (Å²) in [5, 5.41) is 0. The van der Waals surface area contributed by atoms with Gasteiger partial charge in [-0.15, -0.1) is 0 Å². The van der Waals surface area contributed by atoms with Gasteiger partial charge in [0.25, 0.3) is 0 Å². The summed E-state index contributed by atoms with van der Waals surface area (Å²) in [6.07, 6.45) is 19.1. The lowest BCUT2D eigenvalue weighted by Gasteiger charge is -2.22. The Bertz CT molecular complexity index is 2690. The summed E-state index contributed by atoms with van der Waals surface area (Å²) in [7, 11) is 0. The molecule has 31 nitrogen and oxygen atoms in total. The summed E-state index contributed by atoms with van der Waals surface area (Å²) in [4.78, 5) is 150. The molecule has 0 N–H and O–H groups in total. The Morgan fingerprint density at radius 3 is 0.696 bits per heavy atom. The predicted molar refractivity (Wildman–Crippen MR) is 416 cm³/mol. The van der Waals surface area contributed by atoms with Crippen molar-refractivity contribution in [1.29, 1.82) is 0 Å². The van der Waals surface area contributed by atoms with Gasteiger partial charge in [0, 0.05) is 89.5 Å². The first-order valence-corrected chi connectivity index (χ1v) is 34.9. The molecule has 0 aliphatic rings. The van der Waals surface area contributed by atoms with E-state index in [1.165, 1.54) is 0 Å². The molecule has 0 spiro atoms. The highest BCUT2D eigenvalue weighted by Gasteiger charge is 2.22. The second-order valence-corrected chi connectivity index (χ2v) is 23.0. The third-order valence-corrected chi connectivity index (χ3v) is 12.1. The molecule has 0 radical (unpaired) electrons. The summed E-state index contributed by atoms with van der Waals surface area (Å²) in [5.41, 5.74) is 0.276. The van der Waals surface area contributed by atoms with Crippen LogP contribution in [0.25, 0.3) is 0 Å². The molecule has 630 valence electrons. The minimum absolute atomic E-state index is 0.153. The van der Waals surface area contributed by atoms with Crippen LogP contribution < -0.4 is 0 Å². The van der Waals surface area contributed by atoms with Gasteiger partial charge in [0.15, 0.2) is 0 Å². The first-order valence-electron chi connectivity index (χ1n) is 34.9. The molecule has 31 heteroatoms. The van der Waals surface area contributed by atoms with Crippen LogP contribution in [0.5, 0.6) is 0 Å². The zero-order valence-electron chi connectivity index (χ0n) is 66.7. The summed E-state index contributed by atoms with van der Waals surface area (Å²) in [5.74, 6) is -5.59. The molecule has 0 aliphatic heterocycles. The van der Waals surface area contributed by atoms with E-state index < -0.39 is 77.0 Å². The molecule has 0 aromatic carbocycles. The Balaban J connectivity index is -0.000000230. The average Bonchev–Trinajstić information content (AvgIpc) is 0.919. The van der Waals surface area contributed by atoms with Gasteiger partial charge < -0.3 is 80.5 Å². The molecule has 2 unspecified atom stereocenters. The number of rotatable bonds is 55. The molecule has 0 aliphatic carbocycles. The van der Waals surface area contributed by atoms with E-state index in [1.54, 1.807) is 27.7 Å². The van der Waals surface area contributed by atoms with E-state index >= 15 is 0 Å². The monoisotopic (exact) mass is 1590 g/mol. The predicted octanol–water partition coefficient (Wildman–Crippen LogP) is 10.1. The minimum atomic E-state index is -0.493. The van der Waals surface area contributed by atoms with Gasteiger partial charge >= 0.3 is 83.6 Å². The Hall–Kier alpha value is -11.2. The van der Waals surface area contributed by atoms with Gasteiger partial charge in [0.1, 0.15) is 38.6 Å². The normalized spacial score (nSPS) is 10.1. The maximum absolute atomic E-state index is 10.9. The van der Waals surface area contributed by atoms with Crippen molar-refractivity contribution in [3.8, 4) is 0 Å². The molecule has 0 amide bonds. The van der Waals surface area contributed by atoms with E-state index in [9.17, 15) is 67.1 Å². The summed E-state index contributed by atoms with van der Waals surface area (Å²) < 4.78 is 82.5. The maximum Gasteiger partial charge on any atom is 0.333 e. The lowest BCUT2D eigenvalue weighted by Crippen LogP contribution is -2.27. The van der Waals surface area contributed by atoms with Crippen molar-refractivity contribution >= 4 is 83.6 Å². The van der Waals surface area contributed by atoms with E-state index in [0.717, 1.165) is 124 Å². The Morgan fingerprint density at radius 1 is 0.268 bits per heavy atom. The second kappa shape index (κ2) is 80.8. The third kappa shape index (κ3) is 91.2. The molecular weight excluding hydrogens is 1470 g/mol. The number of ether oxygens (including phenoxy) is 17. The zero-order valence-corrected chi connectivity index (χ0v) is 66.7. The van der Waals surface area contributed by atoms with Crippen LogP contribution in [-0.2, 0) is 148 Å². The van der Waals surface area contributed by atoms with Crippen LogP contribution in [-0.4, -0.2) is 215 Å². The Labute approximate surface area is 660 Å². The molecular formula is C81H120O31. The molecule has 0 saturated heterocycles. The van der Waals surface area contributed by atoms with E-state index in [-0.39, 0.29) is 103 Å². The first kappa shape index (κ1) is 114. The summed E-state index contributed by atoms with van der Waals surface area (Å²) in [6.45, 7) is 65.1. The Kier molecular flexibility index (Phi) is 82.4. The van der Waals surface area contributed by atoms with E-state index in [2.05, 4.69) is 102 Å². The number of hydrogen-bond donors (Lipinski definition) is 0. The number of hydrogen-bond acceptors (Lipinski definition) is 31. The number of carbonyl (C=O) groups excluding carboxylic acids is 14. The van der Waals surface area contributed by atoms with E-state index in [0.29, 0.717) is 62.6 Å². The van der Waals surface area contributed by atoms with Crippen LogP contribution in [0.4, 0.5) is 0 Å². The molecule has 0 heterocycles. The van der Waals surface area contributed by atoms with Crippen LogP contribution >= 0.6 is 0 Å². The average molecular weight is 1590 g/mol. The molecule has 0 aromatic rings. The van der Waals surface area contributed by atoms with Gasteiger partial charge in [0.2, 0.25) is 0 Å². The first-order chi connectivity index (χ1) is 52.9. The lowest BCUT2D eigenvalue weighted by molar-refractivity contribution is -0.149. The fourth-order valence-corrected chi connectivity index (χ4v) is 6.00. The third-order valence-electron chi connectivity index (χ3n) is 12.1. The van der Waals surface area contributed by atoms with Gasteiger partial charge in [-0.2, -0.15) is 0 Å². The highest BCUT2D eigenvalue weighted by atomic mass is 16.6. The van der Waals surface area contributed by atoms with Gasteiger partial charge in [-0.1, -0.05) is 120 Å². The van der Waals surface area contributed by atoms with E-state index in [1.807, 2.05) is 27.7 Å². The largest absolute Gasteiger partial charge is 0.463 e. The standard InChI is InChI=1S/2C12H18O5.3C12H18O4.C11H16O4.C10H14O5/c1-9(2)11(13)16-7-5-15-6-8-17-12(14)10(3)4;1-5-11(13)16-9(3)7-15-8-10(4)17-12(14)6-2;2*1-4-11(13)15-8-6-10(3)7-9-16-12(14)5-2;1-3-11(13)15-9-7-5-6-8-10-16-12(14)4-2;1-5-9(12)14-7-11(3,4)8-15-10(13)6-2;1-3-9(11)14-7-5-13-6-8-15-10(12)4-2/h1,3,5-8H2,2,4H3;5-6,9-10H,1-2,7-8H2,3-4H3;2*4-5,10H,1-2,6-9H2,3H3;3-4H,1-2,5-10H2;5-6H,1-2,7-8H2,3-4H3;3-4H,1-2,5-8H2. The molecule has 112 heavy (non-hydrogen) atoms. The van der Waals surface area contributed by atoms with Crippen molar-refractivity contribution in [2.45, 2.75) is 119 Å². The van der Waals surface area contributed by atoms with Crippen molar-refractivity contribution in [3.63, 3.8) is 0 Å². The van der Waals surface area contributed by atoms with Gasteiger partial charge in [-0.25, -0.2) is 67.1 Å². The molecule has 0 bridgehead atoms. The van der Waals surface area contributed by atoms with Gasteiger partial charge in [-0.3, -0.25) is 0 Å². The van der Waals surface area contributed by atoms with Crippen molar-refractivity contribution < 1.29 is 148 Å². The molecule has 2 atom stereocenters. The van der Waals surface area contributed by atoms with Crippen LogP contribution in [0, 0.1) is 17.3 Å². The van der Waals surface area contributed by atoms with E-state index in [4.69, 9.17) is 71.1 Å². The minimum Gasteiger partial charge on any atom is -0.463 e. The van der Waals surface area contributed by atoms with Crippen LogP contribution in [0.15, 0.2) is 176 Å². The number of unbranched alkanes of at least 4 members (excludes halogenated alkanes) is 3. The van der Waals surface area contributed by atoms with Crippen LogP contribution in [0.1, 0.15) is 107 Å². The van der Waals surface area contributed by atoms with Crippen molar-refractivity contribution in [1.82, 2.24) is 0 Å². The highest BCUT2D eigenvalue weighted by molar-refractivity contribution is 5.88. The highest BCUT2D eigenvalue weighted by Crippen LogP contribution is 2.16. The molecule has 0 rings (SSSR count). The lowest BCUT2D eigenvalue weighted by atomic mass is 9.96. The fourth-order valence-electron chi connectivity index (χ4n) is 6.00. The van der Waals surface area contributed by atoms with Crippen LogP contribution in [0.3, 0.4) is 0 Å². The molecule has 0 aromatic heterocycles. The van der Waals surface area contributed by atoms with Crippen molar-refractivity contribution in [2.24, 2.45) is 17.3 Å². The Morgan fingerprint density at radius 2 is 0.473 bits per heavy atom. The topological polar surface area (TPSA) is 396 Å². The van der Waals surface area contributed by atoms with Crippen molar-refractivity contribution in [3.05, 3.63) is 176 Å². The second-order valence-electron chi connectivity index (χ2n) is 23.0. The fraction of sp³-hybridized carbons (Fsp3) is 0.481. The summed E-state index contributed by atoms with van der Waals surface area (Å²) >= 11 is 0. The van der Waals surface area contributed by atoms with Crippen molar-refractivity contribution in [2.75, 3.05) is 119 Å². The maximum atomic E-state index is 10.9. The smallest absolute Gasteiger partial charge is 0.333 e. The zero-order chi connectivity index (χ0) is 86.9. The van der Waals surface area contributed by atoms with Gasteiger partial charge in [0.05, 0.1) is 92.5 Å². The quantitative estimate of drug-likeness (QED) is 0.0236. The van der Waals surface area contributed by atoms with Crippen LogP contribution in [0.2, 0.25) is 0 Å². The number of esters is 14. The van der Waals surface area contributed by atoms with Gasteiger partial charge in [-0.05, 0) is 90.9 Å². The number of carbonyl (C=O) groups is 14. The molecule has 0 saturated carbocycles. The molecule has 0 fully saturated rings. The SMILES string of the molecule is C=C(C)C(=O)OCCOCCOC(=O)C(=C)C.C=CC(=O)OC(C)COCC(C)OC(=O)C=C.C=CC(=O)OCC(C)(C)COC(=O)C=C.C=CC(=O)OCCC(C)CCOC(=O)C=C.C=CC(=O)OCCC(C)CCOC(=O)C=C.C=CC(=O)OCCCCCCOC(=O)C=C.C=CC(=O)OCCOCCOC(=O)C=C. The summed E-state index contributed by atoms with van der Waals surface area (Å²) in [6, 6.07) is 0.